The molecule has 0 bridgehead atoms. The molecule has 15 heavy (non-hydrogen) atoms. The number of nitrogen functional groups attached to an aromatic ring is 1. The highest BCUT2D eigenvalue weighted by Gasteiger charge is 2.14. The molecule has 2 rings (SSSR count). The molecular formula is C9H6ClFIN3. The zero-order valence-corrected chi connectivity index (χ0v) is 10.3. The topological polar surface area (TPSA) is 54.7 Å². The van der Waals surface area contributed by atoms with Gasteiger partial charge in [-0.1, -0.05) is 11.6 Å². The maximum absolute atomic E-state index is 13.5. The summed E-state index contributed by atoms with van der Waals surface area (Å²) < 4.78 is 14.4. The molecule has 0 atom stereocenters. The summed E-state index contributed by atoms with van der Waals surface area (Å²) in [5.74, 6) is -0.684. The van der Waals surface area contributed by atoms with E-state index < -0.39 is 5.82 Å². The van der Waals surface area contributed by atoms with Crippen molar-refractivity contribution >= 4 is 40.0 Å². The van der Waals surface area contributed by atoms with Crippen molar-refractivity contribution in [2.75, 3.05) is 5.73 Å². The molecule has 0 saturated carbocycles. The molecule has 1 heterocycles. The first-order chi connectivity index (χ1) is 7.09. The second-order valence-corrected chi connectivity index (χ2v) is 4.52. The van der Waals surface area contributed by atoms with Crippen molar-refractivity contribution in [1.29, 1.82) is 0 Å². The first-order valence-electron chi connectivity index (χ1n) is 4.04. The molecule has 2 aromatic rings. The van der Waals surface area contributed by atoms with Gasteiger partial charge in [0.05, 0.1) is 0 Å². The number of H-pyrrole nitrogens is 1. The third-order valence-electron chi connectivity index (χ3n) is 1.93. The second-order valence-electron chi connectivity index (χ2n) is 2.92. The van der Waals surface area contributed by atoms with Gasteiger partial charge in [0, 0.05) is 14.2 Å². The Hall–Kier alpha value is -0.820. The normalized spacial score (nSPS) is 10.6. The van der Waals surface area contributed by atoms with E-state index >= 15 is 0 Å². The number of aromatic amines is 1. The first-order valence-corrected chi connectivity index (χ1v) is 5.50. The summed E-state index contributed by atoms with van der Waals surface area (Å²) in [5.41, 5.74) is 6.23. The van der Waals surface area contributed by atoms with Crippen LogP contribution in [0.2, 0.25) is 5.02 Å². The van der Waals surface area contributed by atoms with Crippen LogP contribution in [0.15, 0.2) is 18.2 Å². The van der Waals surface area contributed by atoms with E-state index in [2.05, 4.69) is 32.8 Å². The Morgan fingerprint density at radius 1 is 1.47 bits per heavy atom. The van der Waals surface area contributed by atoms with Gasteiger partial charge >= 0.3 is 0 Å². The molecule has 0 radical (unpaired) electrons. The van der Waals surface area contributed by atoms with Crippen molar-refractivity contribution in [2.45, 2.75) is 0 Å². The van der Waals surface area contributed by atoms with Crippen molar-refractivity contribution < 1.29 is 4.39 Å². The highest BCUT2D eigenvalue weighted by atomic mass is 127. The molecule has 1 aromatic carbocycles. The Balaban J connectivity index is 2.63. The van der Waals surface area contributed by atoms with Crippen molar-refractivity contribution in [3.63, 3.8) is 0 Å². The molecule has 0 fully saturated rings. The van der Waals surface area contributed by atoms with Gasteiger partial charge in [0.1, 0.15) is 5.69 Å². The molecule has 78 valence electrons. The zero-order valence-electron chi connectivity index (χ0n) is 7.39. The molecular weight excluding hydrogens is 331 g/mol. The highest BCUT2D eigenvalue weighted by Crippen LogP contribution is 2.30. The van der Waals surface area contributed by atoms with Crippen molar-refractivity contribution in [3.8, 4) is 11.3 Å². The average molecular weight is 338 g/mol. The quantitative estimate of drug-likeness (QED) is 0.786. The summed E-state index contributed by atoms with van der Waals surface area (Å²) in [6, 6.07) is 5.21. The van der Waals surface area contributed by atoms with E-state index in [9.17, 15) is 4.39 Å². The summed E-state index contributed by atoms with van der Waals surface area (Å²) in [6.07, 6.45) is 0. The number of nitrogens with one attached hydrogen (secondary N) is 1. The molecule has 3 nitrogen and oxygen atoms in total. The minimum Gasteiger partial charge on any atom is -0.380 e. The summed E-state index contributed by atoms with van der Waals surface area (Å²) in [7, 11) is 0. The summed E-state index contributed by atoms with van der Waals surface area (Å²) in [5, 5.41) is 6.68. The molecule has 0 spiro atoms. The third-order valence-corrected chi connectivity index (χ3v) is 3.11. The van der Waals surface area contributed by atoms with Crippen LogP contribution >= 0.6 is 34.2 Å². The van der Waals surface area contributed by atoms with Gasteiger partial charge in [-0.2, -0.15) is 5.10 Å². The van der Waals surface area contributed by atoms with Gasteiger partial charge in [0.15, 0.2) is 11.6 Å². The van der Waals surface area contributed by atoms with Crippen LogP contribution in [-0.2, 0) is 0 Å². The number of anilines is 1. The number of halogens is 3. The monoisotopic (exact) mass is 337 g/mol. The first kappa shape index (κ1) is 10.7. The van der Waals surface area contributed by atoms with Crippen molar-refractivity contribution in [2.24, 2.45) is 0 Å². The predicted octanol–water partition coefficient (Wildman–Crippen LogP) is 3.06. The number of hydrogen-bond acceptors (Lipinski definition) is 2. The lowest BCUT2D eigenvalue weighted by Gasteiger charge is -2.02. The molecule has 3 N–H and O–H groups in total. The number of benzene rings is 1. The molecule has 0 aliphatic heterocycles. The van der Waals surface area contributed by atoms with E-state index in [-0.39, 0.29) is 11.5 Å². The standard InChI is InChI=1S/C9H6ClFIN3/c10-4-1-2-6(12)5(3-4)8-7(11)9(13)15-14-8/h1-3H,(H3,13,14,15). The van der Waals surface area contributed by atoms with Gasteiger partial charge in [0.25, 0.3) is 0 Å². The number of aromatic nitrogens is 2. The van der Waals surface area contributed by atoms with Crippen LogP contribution < -0.4 is 5.73 Å². The van der Waals surface area contributed by atoms with Gasteiger partial charge in [-0.3, -0.25) is 5.10 Å². The molecule has 0 saturated heterocycles. The van der Waals surface area contributed by atoms with Gasteiger partial charge < -0.3 is 5.73 Å². The van der Waals surface area contributed by atoms with Gasteiger partial charge in [-0.25, -0.2) is 4.39 Å². The van der Waals surface area contributed by atoms with Crippen LogP contribution in [0.4, 0.5) is 10.2 Å². The fourth-order valence-corrected chi connectivity index (χ4v) is 1.99. The number of nitrogens with zero attached hydrogens (tertiary/aromatic N) is 1. The fourth-order valence-electron chi connectivity index (χ4n) is 1.21. The molecule has 0 unspecified atom stereocenters. The van der Waals surface area contributed by atoms with Gasteiger partial charge in [0.2, 0.25) is 0 Å². The molecule has 0 aliphatic rings. The Kier molecular flexibility index (Phi) is 2.83. The Morgan fingerprint density at radius 2 is 2.20 bits per heavy atom. The van der Waals surface area contributed by atoms with Crippen LogP contribution in [0, 0.1) is 9.39 Å². The Labute approximate surface area is 104 Å². The van der Waals surface area contributed by atoms with Crippen molar-refractivity contribution in [3.05, 3.63) is 32.6 Å². The maximum atomic E-state index is 13.5. The Bertz CT molecular complexity index is 512. The van der Waals surface area contributed by atoms with Crippen LogP contribution in [0.25, 0.3) is 11.3 Å². The lowest BCUT2D eigenvalue weighted by atomic mass is 10.1. The third kappa shape index (κ3) is 1.93. The van der Waals surface area contributed by atoms with Crippen LogP contribution in [-0.4, -0.2) is 10.2 Å². The minimum absolute atomic E-state index is 0.138. The second kappa shape index (κ2) is 3.97. The summed E-state index contributed by atoms with van der Waals surface area (Å²) >= 11 is 7.93. The van der Waals surface area contributed by atoms with Crippen molar-refractivity contribution in [1.82, 2.24) is 10.2 Å². The van der Waals surface area contributed by atoms with Crippen LogP contribution in [0.1, 0.15) is 0 Å². The largest absolute Gasteiger partial charge is 0.380 e. The van der Waals surface area contributed by atoms with Gasteiger partial charge in [-0.15, -0.1) is 0 Å². The molecule has 0 amide bonds. The predicted molar refractivity (Wildman–Crippen MR) is 66.1 cm³/mol. The number of hydrogen-bond donors (Lipinski definition) is 2. The fraction of sp³-hybridized carbons (Fsp3) is 0. The van der Waals surface area contributed by atoms with Crippen LogP contribution in [0.3, 0.4) is 0 Å². The lowest BCUT2D eigenvalue weighted by molar-refractivity contribution is 0.636. The number of nitrogens with two attached hydrogens (primary N) is 1. The maximum Gasteiger partial charge on any atom is 0.192 e. The van der Waals surface area contributed by atoms with Gasteiger partial charge in [-0.05, 0) is 40.8 Å². The van der Waals surface area contributed by atoms with E-state index in [1.165, 1.54) is 0 Å². The molecule has 1 aromatic heterocycles. The summed E-state index contributed by atoms with van der Waals surface area (Å²) in [4.78, 5) is 0. The molecule has 0 aliphatic carbocycles. The zero-order chi connectivity index (χ0) is 11.0. The average Bonchev–Trinajstić information content (AvgIpc) is 2.52. The van der Waals surface area contributed by atoms with E-state index in [0.29, 0.717) is 10.6 Å². The molecule has 6 heteroatoms. The van der Waals surface area contributed by atoms with E-state index in [4.69, 9.17) is 17.3 Å². The highest BCUT2D eigenvalue weighted by molar-refractivity contribution is 14.1. The SMILES string of the molecule is Nc1n[nH]c(-c2cc(Cl)ccc2I)c1F. The number of rotatable bonds is 1. The lowest BCUT2D eigenvalue weighted by Crippen LogP contribution is -1.89. The van der Waals surface area contributed by atoms with E-state index in [0.717, 1.165) is 3.57 Å². The summed E-state index contributed by atoms with van der Waals surface area (Å²) in [6.45, 7) is 0. The smallest absolute Gasteiger partial charge is 0.192 e. The minimum atomic E-state index is -0.546. The van der Waals surface area contributed by atoms with Crippen LogP contribution in [0.5, 0.6) is 0 Å². The van der Waals surface area contributed by atoms with E-state index in [1.807, 2.05) is 0 Å². The van der Waals surface area contributed by atoms with E-state index in [1.54, 1.807) is 18.2 Å². The Morgan fingerprint density at radius 3 is 2.80 bits per heavy atom.